The molecule has 1 N–H and O–H groups in total. The van der Waals surface area contributed by atoms with E-state index in [0.717, 1.165) is 16.9 Å². The van der Waals surface area contributed by atoms with Gasteiger partial charge in [0, 0.05) is 25.3 Å². The van der Waals surface area contributed by atoms with Gasteiger partial charge < -0.3 is 10.2 Å². The number of aryl methyl sites for hydroxylation is 2. The van der Waals surface area contributed by atoms with Gasteiger partial charge in [0.15, 0.2) is 0 Å². The highest BCUT2D eigenvalue weighted by Crippen LogP contribution is 2.19. The zero-order valence-corrected chi connectivity index (χ0v) is 22.7. The molecule has 0 fully saturated rings. The molecule has 2 amide bonds. The first kappa shape index (κ1) is 27.5. The van der Waals surface area contributed by atoms with Crippen molar-refractivity contribution in [3.05, 3.63) is 107 Å². The second-order valence-electron chi connectivity index (χ2n) is 9.83. The fourth-order valence-corrected chi connectivity index (χ4v) is 4.76. The summed E-state index contributed by atoms with van der Waals surface area (Å²) < 4.78 is 0. The van der Waals surface area contributed by atoms with Gasteiger partial charge in [0.05, 0.1) is 5.75 Å². The van der Waals surface area contributed by atoms with Crippen molar-refractivity contribution in [3.8, 4) is 0 Å². The fraction of sp³-hybridized carbons (Fsp3) is 0.355. The summed E-state index contributed by atoms with van der Waals surface area (Å²) in [6.07, 6.45) is 0.477. The summed E-state index contributed by atoms with van der Waals surface area (Å²) in [7, 11) is 0. The molecule has 190 valence electrons. The van der Waals surface area contributed by atoms with E-state index < -0.39 is 6.04 Å². The first-order valence-electron chi connectivity index (χ1n) is 12.6. The van der Waals surface area contributed by atoms with Crippen molar-refractivity contribution < 1.29 is 9.59 Å². The lowest BCUT2D eigenvalue weighted by Crippen LogP contribution is -2.51. The lowest BCUT2D eigenvalue weighted by Gasteiger charge is -2.32. The Balaban J connectivity index is 1.82. The number of amides is 2. The van der Waals surface area contributed by atoms with Crippen LogP contribution in [0, 0.1) is 19.8 Å². The number of rotatable bonds is 12. The van der Waals surface area contributed by atoms with E-state index in [9.17, 15) is 9.59 Å². The number of carbonyl (C=O) groups is 2. The number of carbonyl (C=O) groups excluding carboxylic acids is 2. The van der Waals surface area contributed by atoms with Crippen LogP contribution in [0.15, 0.2) is 78.9 Å². The van der Waals surface area contributed by atoms with Gasteiger partial charge in [-0.3, -0.25) is 9.59 Å². The molecule has 0 heterocycles. The smallest absolute Gasteiger partial charge is 0.243 e. The summed E-state index contributed by atoms with van der Waals surface area (Å²) in [5.41, 5.74) is 5.64. The maximum absolute atomic E-state index is 13.7. The van der Waals surface area contributed by atoms with Gasteiger partial charge in [0.1, 0.15) is 6.04 Å². The van der Waals surface area contributed by atoms with Crippen molar-refractivity contribution in [2.45, 2.75) is 52.5 Å². The maximum Gasteiger partial charge on any atom is 0.243 e. The SMILES string of the molecule is Cc1ccc(CSCC(=O)N(Cc2ccc(C)cc2)C(Cc2ccccc2)C(=O)NCC(C)C)cc1. The second-order valence-corrected chi connectivity index (χ2v) is 10.8. The summed E-state index contributed by atoms with van der Waals surface area (Å²) in [5, 5.41) is 3.08. The standard InChI is InChI=1S/C31H38N2O2S/c1-23(2)19-32-31(35)29(18-26-8-6-5-7-9-26)33(20-27-14-10-24(3)11-15-27)30(34)22-36-21-28-16-12-25(4)13-17-28/h5-17,23,29H,18-22H2,1-4H3,(H,32,35). The predicted molar refractivity (Wildman–Crippen MR) is 151 cm³/mol. The first-order valence-corrected chi connectivity index (χ1v) is 13.8. The monoisotopic (exact) mass is 502 g/mol. The number of nitrogens with one attached hydrogen (secondary N) is 1. The van der Waals surface area contributed by atoms with E-state index in [2.05, 4.69) is 62.5 Å². The first-order chi connectivity index (χ1) is 17.3. The molecule has 0 aliphatic carbocycles. The van der Waals surface area contributed by atoms with Crippen LogP contribution in [0.5, 0.6) is 0 Å². The molecule has 0 aliphatic rings. The summed E-state index contributed by atoms with van der Waals surface area (Å²) in [5.74, 6) is 1.29. The van der Waals surface area contributed by atoms with Crippen molar-refractivity contribution in [2.75, 3.05) is 12.3 Å². The molecule has 36 heavy (non-hydrogen) atoms. The maximum atomic E-state index is 13.7. The molecule has 4 nitrogen and oxygen atoms in total. The highest BCUT2D eigenvalue weighted by atomic mass is 32.2. The molecule has 0 saturated carbocycles. The molecule has 3 aromatic carbocycles. The second kappa shape index (κ2) is 13.9. The molecule has 5 heteroatoms. The average molecular weight is 503 g/mol. The lowest BCUT2D eigenvalue weighted by molar-refractivity contribution is -0.139. The van der Waals surface area contributed by atoms with E-state index in [1.54, 1.807) is 16.7 Å². The Hall–Kier alpha value is -3.05. The predicted octanol–water partition coefficient (Wildman–Crippen LogP) is 5.95. The van der Waals surface area contributed by atoms with Crippen LogP contribution in [-0.4, -0.2) is 35.1 Å². The van der Waals surface area contributed by atoms with E-state index in [0.29, 0.717) is 31.2 Å². The zero-order valence-electron chi connectivity index (χ0n) is 21.9. The largest absolute Gasteiger partial charge is 0.354 e. The average Bonchev–Trinajstić information content (AvgIpc) is 2.87. The van der Waals surface area contributed by atoms with Crippen molar-refractivity contribution in [3.63, 3.8) is 0 Å². The van der Waals surface area contributed by atoms with Gasteiger partial charge >= 0.3 is 0 Å². The molecule has 1 atom stereocenters. The quantitative estimate of drug-likeness (QED) is 0.333. The molecule has 0 aliphatic heterocycles. The highest BCUT2D eigenvalue weighted by molar-refractivity contribution is 7.99. The van der Waals surface area contributed by atoms with Gasteiger partial charge in [-0.1, -0.05) is 104 Å². The van der Waals surface area contributed by atoms with Gasteiger partial charge in [-0.15, -0.1) is 11.8 Å². The minimum Gasteiger partial charge on any atom is -0.354 e. The molecule has 0 radical (unpaired) electrons. The Morgan fingerprint density at radius 1 is 0.806 bits per heavy atom. The molecule has 0 aromatic heterocycles. The highest BCUT2D eigenvalue weighted by Gasteiger charge is 2.30. The molecule has 3 rings (SSSR count). The summed E-state index contributed by atoms with van der Waals surface area (Å²) in [6, 6.07) is 26.0. The van der Waals surface area contributed by atoms with E-state index >= 15 is 0 Å². The van der Waals surface area contributed by atoms with E-state index in [-0.39, 0.29) is 11.8 Å². The Kier molecular flexibility index (Phi) is 10.6. The van der Waals surface area contributed by atoms with Crippen molar-refractivity contribution in [2.24, 2.45) is 5.92 Å². The third kappa shape index (κ3) is 8.87. The molecule has 0 bridgehead atoms. The van der Waals surface area contributed by atoms with Crippen LogP contribution >= 0.6 is 11.8 Å². The van der Waals surface area contributed by atoms with Gasteiger partial charge in [0.2, 0.25) is 11.8 Å². The zero-order chi connectivity index (χ0) is 25.9. The molecular formula is C31H38N2O2S. The number of nitrogens with zero attached hydrogens (tertiary/aromatic N) is 1. The molecular weight excluding hydrogens is 464 g/mol. The van der Waals surface area contributed by atoms with Gasteiger partial charge in [-0.2, -0.15) is 0 Å². The van der Waals surface area contributed by atoms with Crippen molar-refractivity contribution in [1.29, 1.82) is 0 Å². The Morgan fingerprint density at radius 3 is 1.97 bits per heavy atom. The van der Waals surface area contributed by atoms with Crippen LogP contribution in [0.2, 0.25) is 0 Å². The normalized spacial score (nSPS) is 11.8. The Labute approximate surface area is 220 Å². The number of hydrogen-bond donors (Lipinski definition) is 1. The molecule has 3 aromatic rings. The summed E-state index contributed by atoms with van der Waals surface area (Å²) in [4.78, 5) is 28.9. The van der Waals surface area contributed by atoms with E-state index in [1.807, 2.05) is 49.4 Å². The van der Waals surface area contributed by atoms with Gasteiger partial charge in [-0.25, -0.2) is 0 Å². The van der Waals surface area contributed by atoms with Crippen LogP contribution < -0.4 is 5.32 Å². The number of hydrogen-bond acceptors (Lipinski definition) is 3. The van der Waals surface area contributed by atoms with Crippen LogP contribution in [-0.2, 0) is 28.3 Å². The van der Waals surface area contributed by atoms with E-state index in [4.69, 9.17) is 0 Å². The number of thioether (sulfide) groups is 1. The number of benzene rings is 3. The van der Waals surface area contributed by atoms with Crippen LogP contribution in [0.3, 0.4) is 0 Å². The molecule has 0 spiro atoms. The van der Waals surface area contributed by atoms with Crippen LogP contribution in [0.25, 0.3) is 0 Å². The van der Waals surface area contributed by atoms with E-state index in [1.165, 1.54) is 16.7 Å². The van der Waals surface area contributed by atoms with Gasteiger partial charge in [0.25, 0.3) is 0 Å². The summed E-state index contributed by atoms with van der Waals surface area (Å²) in [6.45, 7) is 9.25. The Morgan fingerprint density at radius 2 is 1.39 bits per heavy atom. The fourth-order valence-electron chi connectivity index (χ4n) is 3.89. The summed E-state index contributed by atoms with van der Waals surface area (Å²) >= 11 is 1.59. The third-order valence-electron chi connectivity index (χ3n) is 6.04. The topological polar surface area (TPSA) is 49.4 Å². The van der Waals surface area contributed by atoms with Crippen LogP contribution in [0.4, 0.5) is 0 Å². The van der Waals surface area contributed by atoms with Crippen molar-refractivity contribution in [1.82, 2.24) is 10.2 Å². The molecule has 0 saturated heterocycles. The Bertz CT molecular complexity index is 1100. The third-order valence-corrected chi connectivity index (χ3v) is 7.03. The van der Waals surface area contributed by atoms with Crippen molar-refractivity contribution >= 4 is 23.6 Å². The van der Waals surface area contributed by atoms with Gasteiger partial charge in [-0.05, 0) is 36.5 Å². The minimum atomic E-state index is -0.583. The lowest BCUT2D eigenvalue weighted by atomic mass is 10.0. The molecule has 1 unspecified atom stereocenters. The minimum absolute atomic E-state index is 0.0201. The van der Waals surface area contributed by atoms with Crippen LogP contribution in [0.1, 0.15) is 41.7 Å².